The van der Waals surface area contributed by atoms with Crippen LogP contribution in [0.4, 0.5) is 0 Å². The van der Waals surface area contributed by atoms with Crippen LogP contribution in [0.2, 0.25) is 0 Å². The quantitative estimate of drug-likeness (QED) is 0.312. The number of nitrogens with zero attached hydrogens (tertiary/aromatic N) is 2. The van der Waals surface area contributed by atoms with Crippen molar-refractivity contribution in [2.24, 2.45) is 4.99 Å². The largest absolute Gasteiger partial charge is 0.497 e. The fraction of sp³-hybridized carbons (Fsp3) is 0.500. The number of ether oxygens (including phenoxy) is 2. The minimum atomic E-state index is 0. The summed E-state index contributed by atoms with van der Waals surface area (Å²) in [6.45, 7) is 6.80. The van der Waals surface area contributed by atoms with E-state index in [2.05, 4.69) is 38.7 Å². The lowest BCUT2D eigenvalue weighted by Crippen LogP contribution is -2.46. The molecule has 1 aliphatic heterocycles. The molecule has 0 bridgehead atoms. The zero-order valence-electron chi connectivity index (χ0n) is 18.0. The van der Waals surface area contributed by atoms with Gasteiger partial charge in [0, 0.05) is 33.2 Å². The van der Waals surface area contributed by atoms with Crippen molar-refractivity contribution < 1.29 is 13.9 Å². The molecule has 1 unspecified atom stereocenters. The maximum absolute atomic E-state index is 5.93. The molecule has 3 rings (SSSR count). The number of hydrogen-bond acceptors (Lipinski definition) is 5. The summed E-state index contributed by atoms with van der Waals surface area (Å²) >= 11 is 0. The summed E-state index contributed by atoms with van der Waals surface area (Å²) in [6.07, 6.45) is 0.912. The molecule has 30 heavy (non-hydrogen) atoms. The zero-order chi connectivity index (χ0) is 20.5. The Hall–Kier alpha value is -1.78. The van der Waals surface area contributed by atoms with Crippen molar-refractivity contribution in [1.29, 1.82) is 0 Å². The fourth-order valence-electron chi connectivity index (χ4n) is 3.46. The topological polar surface area (TPSA) is 71.3 Å². The summed E-state index contributed by atoms with van der Waals surface area (Å²) < 4.78 is 16.6. The van der Waals surface area contributed by atoms with Gasteiger partial charge in [0.15, 0.2) is 5.96 Å². The number of guanidine groups is 1. The fourth-order valence-corrected chi connectivity index (χ4v) is 3.46. The Morgan fingerprint density at radius 1 is 1.13 bits per heavy atom. The minimum Gasteiger partial charge on any atom is -0.497 e. The lowest BCUT2D eigenvalue weighted by molar-refractivity contribution is 0.0124. The van der Waals surface area contributed by atoms with Crippen LogP contribution in [0, 0.1) is 6.92 Å². The first-order chi connectivity index (χ1) is 14.2. The number of hydrogen-bond donors (Lipinski definition) is 2. The molecule has 2 heterocycles. The Balaban J connectivity index is 0.00000320. The first-order valence-electron chi connectivity index (χ1n) is 10.1. The van der Waals surface area contributed by atoms with E-state index in [9.17, 15) is 0 Å². The molecule has 1 aromatic heterocycles. The van der Waals surface area contributed by atoms with Crippen LogP contribution >= 0.6 is 24.0 Å². The Morgan fingerprint density at radius 2 is 1.87 bits per heavy atom. The van der Waals surface area contributed by atoms with Crippen LogP contribution in [0.15, 0.2) is 45.8 Å². The van der Waals surface area contributed by atoms with Crippen LogP contribution in [-0.4, -0.2) is 64.4 Å². The van der Waals surface area contributed by atoms with Gasteiger partial charge in [-0.25, -0.2) is 0 Å². The van der Waals surface area contributed by atoms with Crippen LogP contribution in [0.5, 0.6) is 5.75 Å². The number of methoxy groups -OCH3 is 1. The molecule has 0 aliphatic carbocycles. The van der Waals surface area contributed by atoms with Crippen molar-refractivity contribution in [3.8, 4) is 5.75 Å². The van der Waals surface area contributed by atoms with Crippen molar-refractivity contribution in [1.82, 2.24) is 15.5 Å². The SMILES string of the molecule is CN=C(NCCc1ccc(OC)cc1)NCC(c1ccc(C)o1)N1CCOCC1.I. The highest BCUT2D eigenvalue weighted by atomic mass is 127. The summed E-state index contributed by atoms with van der Waals surface area (Å²) in [5.41, 5.74) is 1.26. The van der Waals surface area contributed by atoms with Crippen LogP contribution < -0.4 is 15.4 Å². The molecule has 8 heteroatoms. The molecule has 166 valence electrons. The highest BCUT2D eigenvalue weighted by Gasteiger charge is 2.25. The van der Waals surface area contributed by atoms with Gasteiger partial charge in [0.25, 0.3) is 0 Å². The van der Waals surface area contributed by atoms with Crippen LogP contribution in [0.1, 0.15) is 23.1 Å². The van der Waals surface area contributed by atoms with E-state index < -0.39 is 0 Å². The molecule has 1 atom stereocenters. The summed E-state index contributed by atoms with van der Waals surface area (Å²) in [5, 5.41) is 6.85. The molecule has 1 aliphatic rings. The van der Waals surface area contributed by atoms with Gasteiger partial charge in [-0.1, -0.05) is 12.1 Å². The molecule has 2 N–H and O–H groups in total. The third-order valence-corrected chi connectivity index (χ3v) is 5.13. The summed E-state index contributed by atoms with van der Waals surface area (Å²) in [6, 6.07) is 12.4. The Morgan fingerprint density at radius 3 is 2.47 bits per heavy atom. The van der Waals surface area contributed by atoms with E-state index in [4.69, 9.17) is 13.9 Å². The second-order valence-electron chi connectivity index (χ2n) is 7.09. The third kappa shape index (κ3) is 7.17. The van der Waals surface area contributed by atoms with Gasteiger partial charge in [-0.05, 0) is 43.2 Å². The lowest BCUT2D eigenvalue weighted by Gasteiger charge is -2.33. The van der Waals surface area contributed by atoms with Gasteiger partial charge in [-0.15, -0.1) is 24.0 Å². The van der Waals surface area contributed by atoms with E-state index in [-0.39, 0.29) is 30.0 Å². The number of aliphatic imine (C=N–C) groups is 1. The number of nitrogens with one attached hydrogen (secondary N) is 2. The molecule has 7 nitrogen and oxygen atoms in total. The summed E-state index contributed by atoms with van der Waals surface area (Å²) in [7, 11) is 3.48. The van der Waals surface area contributed by atoms with Crippen LogP contribution in [0.25, 0.3) is 0 Å². The summed E-state index contributed by atoms with van der Waals surface area (Å²) in [5.74, 6) is 3.58. The Bertz CT molecular complexity index is 773. The molecule has 0 saturated carbocycles. The smallest absolute Gasteiger partial charge is 0.191 e. The predicted molar refractivity (Wildman–Crippen MR) is 130 cm³/mol. The number of morpholine rings is 1. The second kappa shape index (κ2) is 12.8. The monoisotopic (exact) mass is 528 g/mol. The van der Waals surface area contributed by atoms with E-state index >= 15 is 0 Å². The maximum atomic E-state index is 5.93. The molecular formula is C22H33IN4O3. The van der Waals surface area contributed by atoms with Gasteiger partial charge < -0.3 is 24.5 Å². The molecule has 0 radical (unpaired) electrons. The highest BCUT2D eigenvalue weighted by molar-refractivity contribution is 14.0. The van der Waals surface area contributed by atoms with Crippen molar-refractivity contribution in [3.63, 3.8) is 0 Å². The number of aryl methyl sites for hydroxylation is 1. The molecule has 2 aromatic rings. The van der Waals surface area contributed by atoms with E-state index in [1.807, 2.05) is 25.1 Å². The first kappa shape index (κ1) is 24.5. The highest BCUT2D eigenvalue weighted by Crippen LogP contribution is 2.23. The minimum absolute atomic E-state index is 0. The zero-order valence-corrected chi connectivity index (χ0v) is 20.3. The standard InChI is InChI=1S/C22H32N4O3.HI/c1-17-4-9-21(29-17)20(26-12-14-28-15-13-26)16-25-22(23-2)24-11-10-18-5-7-19(27-3)8-6-18;/h4-9,20H,10-16H2,1-3H3,(H2,23,24,25);1H. The van der Waals surface area contributed by atoms with Crippen LogP contribution in [-0.2, 0) is 11.2 Å². The molecule has 0 amide bonds. The van der Waals surface area contributed by atoms with Gasteiger partial charge in [0.1, 0.15) is 17.3 Å². The van der Waals surface area contributed by atoms with Gasteiger partial charge in [-0.3, -0.25) is 9.89 Å². The molecule has 1 fully saturated rings. The lowest BCUT2D eigenvalue weighted by atomic mass is 10.1. The third-order valence-electron chi connectivity index (χ3n) is 5.13. The van der Waals surface area contributed by atoms with Crippen molar-refractivity contribution >= 4 is 29.9 Å². The molecule has 0 spiro atoms. The van der Waals surface area contributed by atoms with E-state index in [1.165, 1.54) is 5.56 Å². The van der Waals surface area contributed by atoms with Crippen molar-refractivity contribution in [3.05, 3.63) is 53.5 Å². The van der Waals surface area contributed by atoms with Crippen LogP contribution in [0.3, 0.4) is 0 Å². The molecular weight excluding hydrogens is 495 g/mol. The predicted octanol–water partition coefficient (Wildman–Crippen LogP) is 3.00. The summed E-state index contributed by atoms with van der Waals surface area (Å²) in [4.78, 5) is 6.77. The van der Waals surface area contributed by atoms with Gasteiger partial charge in [-0.2, -0.15) is 0 Å². The Labute approximate surface area is 196 Å². The number of rotatable bonds is 8. The number of halogens is 1. The average molecular weight is 528 g/mol. The second-order valence-corrected chi connectivity index (χ2v) is 7.09. The Kier molecular flexibility index (Phi) is 10.5. The van der Waals surface area contributed by atoms with Gasteiger partial charge in [0.05, 0.1) is 26.4 Å². The normalized spacial score (nSPS) is 15.9. The first-order valence-corrected chi connectivity index (χ1v) is 10.1. The average Bonchev–Trinajstić information content (AvgIpc) is 3.19. The number of benzene rings is 1. The van der Waals surface area contributed by atoms with E-state index in [1.54, 1.807) is 14.2 Å². The molecule has 1 saturated heterocycles. The number of furan rings is 1. The van der Waals surface area contributed by atoms with Crippen molar-refractivity contribution in [2.45, 2.75) is 19.4 Å². The van der Waals surface area contributed by atoms with E-state index in [0.29, 0.717) is 0 Å². The van der Waals surface area contributed by atoms with E-state index in [0.717, 1.165) is 69.0 Å². The van der Waals surface area contributed by atoms with Gasteiger partial charge >= 0.3 is 0 Å². The molecule has 1 aromatic carbocycles. The van der Waals surface area contributed by atoms with Gasteiger partial charge in [0.2, 0.25) is 0 Å². The maximum Gasteiger partial charge on any atom is 0.191 e. The van der Waals surface area contributed by atoms with Crippen molar-refractivity contribution in [2.75, 3.05) is 53.6 Å².